The molecule has 1 aliphatic rings. The molecule has 1 saturated heterocycles. The molecule has 0 aromatic rings. The van der Waals surface area contributed by atoms with Gasteiger partial charge in [-0.2, -0.15) is 0 Å². The van der Waals surface area contributed by atoms with Crippen LogP contribution >= 0.6 is 0 Å². The summed E-state index contributed by atoms with van der Waals surface area (Å²) < 4.78 is 0. The molecule has 1 unspecified atom stereocenters. The summed E-state index contributed by atoms with van der Waals surface area (Å²) in [6.45, 7) is 13.4. The third-order valence-electron chi connectivity index (χ3n) is 4.01. The first kappa shape index (κ1) is 16.2. The van der Waals surface area contributed by atoms with E-state index in [1.807, 2.05) is 13.8 Å². The highest BCUT2D eigenvalue weighted by Gasteiger charge is 2.39. The summed E-state index contributed by atoms with van der Waals surface area (Å²) in [6.07, 6.45) is 0.305. The largest absolute Gasteiger partial charge is 0.305 e. The van der Waals surface area contributed by atoms with E-state index in [1.165, 1.54) is 4.90 Å². The first-order valence-electron chi connectivity index (χ1n) is 7.35. The van der Waals surface area contributed by atoms with E-state index in [2.05, 4.69) is 33.0 Å². The minimum Gasteiger partial charge on any atom is -0.305 e. The maximum Gasteiger partial charge on any atom is 0.247 e. The number of nitrogens with one attached hydrogen (secondary N) is 1. The van der Waals surface area contributed by atoms with Gasteiger partial charge < -0.3 is 5.32 Å². The van der Waals surface area contributed by atoms with Crippen molar-refractivity contribution in [2.75, 3.05) is 6.54 Å². The molecule has 1 rings (SSSR count). The Morgan fingerprint density at radius 2 is 1.63 bits per heavy atom. The van der Waals surface area contributed by atoms with Crippen LogP contribution in [0.25, 0.3) is 0 Å². The number of rotatable bonds is 6. The van der Waals surface area contributed by atoms with Crippen molar-refractivity contribution in [3.05, 3.63) is 0 Å². The van der Waals surface area contributed by atoms with E-state index in [0.717, 1.165) is 6.54 Å². The van der Waals surface area contributed by atoms with E-state index < -0.39 is 0 Å². The second-order valence-electron chi connectivity index (χ2n) is 6.51. The molecular weight excluding hydrogens is 240 g/mol. The zero-order chi connectivity index (χ0) is 14.7. The van der Waals surface area contributed by atoms with Gasteiger partial charge in [0.25, 0.3) is 0 Å². The van der Waals surface area contributed by atoms with Crippen molar-refractivity contribution in [3.63, 3.8) is 0 Å². The molecule has 4 nitrogen and oxygen atoms in total. The van der Waals surface area contributed by atoms with Gasteiger partial charge in [0.1, 0.15) is 0 Å². The molecule has 2 amide bonds. The van der Waals surface area contributed by atoms with Crippen molar-refractivity contribution in [1.82, 2.24) is 10.2 Å². The lowest BCUT2D eigenvalue weighted by Crippen LogP contribution is -2.44. The lowest BCUT2D eigenvalue weighted by Gasteiger charge is -2.26. The molecule has 1 heterocycles. The van der Waals surface area contributed by atoms with Crippen LogP contribution in [-0.2, 0) is 9.59 Å². The number of carbonyl (C=O) groups is 2. The van der Waals surface area contributed by atoms with E-state index in [1.54, 1.807) is 0 Å². The van der Waals surface area contributed by atoms with Gasteiger partial charge in [0, 0.05) is 6.04 Å². The Morgan fingerprint density at radius 3 is 2.00 bits per heavy atom. The van der Waals surface area contributed by atoms with Crippen molar-refractivity contribution >= 4 is 11.8 Å². The smallest absolute Gasteiger partial charge is 0.247 e. The first-order chi connectivity index (χ1) is 8.75. The highest BCUT2D eigenvalue weighted by atomic mass is 16.2. The van der Waals surface area contributed by atoms with Crippen molar-refractivity contribution in [2.45, 2.75) is 60.0 Å². The maximum absolute atomic E-state index is 12.2. The third-order valence-corrected chi connectivity index (χ3v) is 4.01. The second-order valence-corrected chi connectivity index (χ2v) is 6.51. The number of nitrogens with zero attached hydrogens (tertiary/aromatic N) is 1. The number of carbonyl (C=O) groups excluding carboxylic acids is 2. The van der Waals surface area contributed by atoms with Crippen molar-refractivity contribution in [3.8, 4) is 0 Å². The standard InChI is InChI=1S/C15H28N2O2/c1-9(2)12(10(3)4)8-16-13-7-14(18)17(11(5)6)15(13)19/h9-13,16H,7-8H2,1-6H3. The van der Waals surface area contributed by atoms with Crippen LogP contribution in [-0.4, -0.2) is 35.3 Å². The second kappa shape index (κ2) is 6.51. The van der Waals surface area contributed by atoms with Crippen LogP contribution in [0.2, 0.25) is 0 Å². The molecule has 0 aliphatic carbocycles. The number of hydrogen-bond acceptors (Lipinski definition) is 3. The van der Waals surface area contributed by atoms with Crippen LogP contribution < -0.4 is 5.32 Å². The Morgan fingerprint density at radius 1 is 1.11 bits per heavy atom. The average molecular weight is 268 g/mol. The van der Waals surface area contributed by atoms with E-state index >= 15 is 0 Å². The van der Waals surface area contributed by atoms with Gasteiger partial charge in [-0.15, -0.1) is 0 Å². The SMILES string of the molecule is CC(C)C(CNC1CC(=O)N(C(C)C)C1=O)C(C)C. The minimum atomic E-state index is -0.324. The highest BCUT2D eigenvalue weighted by Crippen LogP contribution is 2.21. The molecule has 4 heteroatoms. The fraction of sp³-hybridized carbons (Fsp3) is 0.867. The van der Waals surface area contributed by atoms with Crippen LogP contribution in [0.3, 0.4) is 0 Å². The van der Waals surface area contributed by atoms with E-state index in [-0.39, 0.29) is 23.9 Å². The summed E-state index contributed by atoms with van der Waals surface area (Å²) >= 11 is 0. The highest BCUT2D eigenvalue weighted by molar-refractivity contribution is 6.05. The minimum absolute atomic E-state index is 0.0437. The van der Waals surface area contributed by atoms with Gasteiger partial charge in [0.05, 0.1) is 12.5 Å². The monoisotopic (exact) mass is 268 g/mol. The molecule has 1 N–H and O–H groups in total. The van der Waals surface area contributed by atoms with Gasteiger partial charge in [-0.05, 0) is 38.1 Å². The Kier molecular flexibility index (Phi) is 5.53. The summed E-state index contributed by atoms with van der Waals surface area (Å²) in [7, 11) is 0. The summed E-state index contributed by atoms with van der Waals surface area (Å²) in [5, 5.41) is 3.30. The fourth-order valence-electron chi connectivity index (χ4n) is 2.87. The summed E-state index contributed by atoms with van der Waals surface area (Å²) in [6, 6.07) is -0.368. The number of imide groups is 1. The van der Waals surface area contributed by atoms with Crippen LogP contribution in [0.4, 0.5) is 0 Å². The Labute approximate surface area is 116 Å². The summed E-state index contributed by atoms with van der Waals surface area (Å²) in [5.74, 6) is 1.55. The van der Waals surface area contributed by atoms with Crippen molar-refractivity contribution in [2.24, 2.45) is 17.8 Å². The number of amides is 2. The molecule has 1 aliphatic heterocycles. The van der Waals surface area contributed by atoms with E-state index in [0.29, 0.717) is 24.2 Å². The molecule has 0 radical (unpaired) electrons. The summed E-state index contributed by atoms with van der Waals surface area (Å²) in [4.78, 5) is 25.4. The van der Waals surface area contributed by atoms with Gasteiger partial charge >= 0.3 is 0 Å². The van der Waals surface area contributed by atoms with E-state index in [4.69, 9.17) is 0 Å². The molecule has 0 saturated carbocycles. The molecule has 0 aromatic heterocycles. The van der Waals surface area contributed by atoms with Crippen molar-refractivity contribution < 1.29 is 9.59 Å². The quantitative estimate of drug-likeness (QED) is 0.750. The van der Waals surface area contributed by atoms with Crippen LogP contribution in [0, 0.1) is 17.8 Å². The molecule has 19 heavy (non-hydrogen) atoms. The summed E-state index contributed by atoms with van der Waals surface area (Å²) in [5.41, 5.74) is 0. The van der Waals surface area contributed by atoms with Gasteiger partial charge in [-0.3, -0.25) is 14.5 Å². The van der Waals surface area contributed by atoms with Gasteiger partial charge in [-0.1, -0.05) is 27.7 Å². The maximum atomic E-state index is 12.2. The van der Waals surface area contributed by atoms with Crippen LogP contribution in [0.5, 0.6) is 0 Å². The molecule has 1 fully saturated rings. The van der Waals surface area contributed by atoms with Gasteiger partial charge in [-0.25, -0.2) is 0 Å². The fourth-order valence-corrected chi connectivity index (χ4v) is 2.87. The van der Waals surface area contributed by atoms with Crippen LogP contribution in [0.15, 0.2) is 0 Å². The lowest BCUT2D eigenvalue weighted by molar-refractivity contribution is -0.140. The van der Waals surface area contributed by atoms with Gasteiger partial charge in [0.2, 0.25) is 11.8 Å². The molecule has 0 spiro atoms. The molecule has 0 bridgehead atoms. The zero-order valence-corrected chi connectivity index (χ0v) is 13.1. The molecule has 110 valence electrons. The van der Waals surface area contributed by atoms with E-state index in [9.17, 15) is 9.59 Å². The first-order valence-corrected chi connectivity index (χ1v) is 7.35. The normalized spacial score (nSPS) is 20.7. The molecule has 0 aromatic carbocycles. The third kappa shape index (κ3) is 3.78. The predicted octanol–water partition coefficient (Wildman–Crippen LogP) is 2.04. The van der Waals surface area contributed by atoms with Crippen LogP contribution in [0.1, 0.15) is 48.0 Å². The Bertz CT molecular complexity index is 329. The Hall–Kier alpha value is -0.900. The average Bonchev–Trinajstić information content (AvgIpc) is 2.53. The predicted molar refractivity (Wildman–Crippen MR) is 76.6 cm³/mol. The molecule has 1 atom stereocenters. The Balaban J connectivity index is 2.60. The topological polar surface area (TPSA) is 49.4 Å². The van der Waals surface area contributed by atoms with Gasteiger partial charge in [0.15, 0.2) is 0 Å². The lowest BCUT2D eigenvalue weighted by atomic mass is 9.85. The molecular formula is C15H28N2O2. The number of hydrogen-bond donors (Lipinski definition) is 1. The number of likely N-dealkylation sites (tertiary alicyclic amines) is 1. The van der Waals surface area contributed by atoms with Crippen molar-refractivity contribution in [1.29, 1.82) is 0 Å². The zero-order valence-electron chi connectivity index (χ0n) is 13.1.